The summed E-state index contributed by atoms with van der Waals surface area (Å²) >= 11 is 0. The lowest BCUT2D eigenvalue weighted by atomic mass is 9.92. The first-order valence-corrected chi connectivity index (χ1v) is 7.15. The van der Waals surface area contributed by atoms with E-state index in [-0.39, 0.29) is 5.54 Å². The van der Waals surface area contributed by atoms with Crippen molar-refractivity contribution in [2.75, 3.05) is 13.1 Å². The lowest BCUT2D eigenvalue weighted by Gasteiger charge is -2.35. The van der Waals surface area contributed by atoms with E-state index >= 15 is 0 Å². The number of rotatable bonds is 5. The Morgan fingerprint density at radius 3 is 2.59 bits per heavy atom. The van der Waals surface area contributed by atoms with Crippen LogP contribution in [0.15, 0.2) is 0 Å². The maximum atomic E-state index is 12.8. The van der Waals surface area contributed by atoms with Crippen LogP contribution in [0.4, 0.5) is 0 Å². The van der Waals surface area contributed by atoms with Crippen molar-refractivity contribution in [1.82, 2.24) is 10.2 Å². The summed E-state index contributed by atoms with van der Waals surface area (Å²) in [5.74, 6) is 0.934. The summed E-state index contributed by atoms with van der Waals surface area (Å²) < 4.78 is 0. The molecule has 0 bridgehead atoms. The van der Waals surface area contributed by atoms with Gasteiger partial charge in [0.2, 0.25) is 5.91 Å². The molecule has 0 spiro atoms. The van der Waals surface area contributed by atoms with Crippen molar-refractivity contribution in [2.24, 2.45) is 5.92 Å². The fourth-order valence-corrected chi connectivity index (χ4v) is 2.89. The van der Waals surface area contributed by atoms with Gasteiger partial charge in [0.05, 0.1) is 5.54 Å². The van der Waals surface area contributed by atoms with Gasteiger partial charge in [-0.1, -0.05) is 20.8 Å². The molecule has 1 aliphatic carbocycles. The molecule has 3 nitrogen and oxygen atoms in total. The van der Waals surface area contributed by atoms with Crippen molar-refractivity contribution >= 4 is 5.91 Å². The predicted octanol–water partition coefficient (Wildman–Crippen LogP) is 2.17. The average Bonchev–Trinajstić information content (AvgIpc) is 3.02. The zero-order chi connectivity index (χ0) is 12.5. The second kappa shape index (κ2) is 4.97. The van der Waals surface area contributed by atoms with Gasteiger partial charge in [0.15, 0.2) is 0 Å². The van der Waals surface area contributed by atoms with E-state index in [1.807, 2.05) is 0 Å². The highest BCUT2D eigenvalue weighted by atomic mass is 16.2. The number of carbonyl (C=O) groups is 1. The summed E-state index contributed by atoms with van der Waals surface area (Å²) in [5.41, 5.74) is -0.239. The second-order valence-electron chi connectivity index (χ2n) is 6.05. The van der Waals surface area contributed by atoms with Crippen LogP contribution in [-0.2, 0) is 4.79 Å². The van der Waals surface area contributed by atoms with Crippen LogP contribution in [0.3, 0.4) is 0 Å². The lowest BCUT2D eigenvalue weighted by Crippen LogP contribution is -2.55. The maximum Gasteiger partial charge on any atom is 0.243 e. The standard InChI is InChI=1S/C14H26N2O/c1-4-14(8-5-9-15-14)13(17)16(10-11(2)3)12-6-7-12/h11-12,15H,4-10H2,1-3H3. The van der Waals surface area contributed by atoms with Crippen LogP contribution < -0.4 is 5.32 Å². The third-order valence-electron chi connectivity index (χ3n) is 4.07. The summed E-state index contributed by atoms with van der Waals surface area (Å²) in [7, 11) is 0. The molecule has 1 aliphatic heterocycles. The van der Waals surface area contributed by atoms with Crippen molar-refractivity contribution in [2.45, 2.75) is 64.5 Å². The second-order valence-corrected chi connectivity index (χ2v) is 6.05. The molecule has 98 valence electrons. The lowest BCUT2D eigenvalue weighted by molar-refractivity contribution is -0.139. The monoisotopic (exact) mass is 238 g/mol. The normalized spacial score (nSPS) is 28.7. The zero-order valence-electron chi connectivity index (χ0n) is 11.5. The van der Waals surface area contributed by atoms with Gasteiger partial charge in [-0.05, 0) is 44.6 Å². The molecule has 1 amide bonds. The average molecular weight is 238 g/mol. The van der Waals surface area contributed by atoms with Crippen LogP contribution in [0.1, 0.15) is 52.9 Å². The van der Waals surface area contributed by atoms with E-state index in [1.54, 1.807) is 0 Å². The molecule has 2 aliphatic rings. The highest BCUT2D eigenvalue weighted by Gasteiger charge is 2.45. The van der Waals surface area contributed by atoms with Crippen LogP contribution in [0.2, 0.25) is 0 Å². The Bertz CT molecular complexity index is 278. The van der Waals surface area contributed by atoms with Gasteiger partial charge < -0.3 is 10.2 Å². The summed E-state index contributed by atoms with van der Waals surface area (Å²) in [6.07, 6.45) is 5.49. The Hall–Kier alpha value is -0.570. The molecule has 0 aromatic carbocycles. The maximum absolute atomic E-state index is 12.8. The van der Waals surface area contributed by atoms with Crippen molar-refractivity contribution in [1.29, 1.82) is 0 Å². The number of amides is 1. The summed E-state index contributed by atoms with van der Waals surface area (Å²) in [4.78, 5) is 14.9. The number of hydrogen-bond donors (Lipinski definition) is 1. The van der Waals surface area contributed by atoms with E-state index in [2.05, 4.69) is 31.0 Å². The SMILES string of the molecule is CCC1(C(=O)N(CC(C)C)C2CC2)CCCN1. The Kier molecular flexibility index (Phi) is 3.76. The molecule has 1 heterocycles. The Morgan fingerprint density at radius 1 is 1.47 bits per heavy atom. The molecule has 2 fully saturated rings. The topological polar surface area (TPSA) is 32.3 Å². The first-order valence-electron chi connectivity index (χ1n) is 7.15. The molecule has 1 unspecified atom stereocenters. The Morgan fingerprint density at radius 2 is 2.18 bits per heavy atom. The van der Waals surface area contributed by atoms with Gasteiger partial charge in [-0.2, -0.15) is 0 Å². The summed E-state index contributed by atoms with van der Waals surface area (Å²) in [5, 5.41) is 3.46. The molecular weight excluding hydrogens is 212 g/mol. The van der Waals surface area contributed by atoms with Crippen molar-refractivity contribution in [3.63, 3.8) is 0 Å². The number of nitrogens with one attached hydrogen (secondary N) is 1. The predicted molar refractivity (Wildman–Crippen MR) is 69.8 cm³/mol. The van der Waals surface area contributed by atoms with Gasteiger partial charge >= 0.3 is 0 Å². The summed E-state index contributed by atoms with van der Waals surface area (Å²) in [6, 6.07) is 0.538. The van der Waals surface area contributed by atoms with E-state index in [0.29, 0.717) is 17.9 Å². The van der Waals surface area contributed by atoms with Crippen LogP contribution >= 0.6 is 0 Å². The third kappa shape index (κ3) is 2.65. The quantitative estimate of drug-likeness (QED) is 0.796. The van der Waals surface area contributed by atoms with Gasteiger partial charge in [-0.15, -0.1) is 0 Å². The van der Waals surface area contributed by atoms with E-state index in [1.165, 1.54) is 12.8 Å². The fourth-order valence-electron chi connectivity index (χ4n) is 2.89. The molecule has 1 N–H and O–H groups in total. The smallest absolute Gasteiger partial charge is 0.243 e. The van der Waals surface area contributed by atoms with Gasteiger partial charge in [0, 0.05) is 12.6 Å². The molecule has 0 aromatic rings. The Labute approximate surface area is 105 Å². The van der Waals surface area contributed by atoms with Crippen molar-refractivity contribution < 1.29 is 4.79 Å². The number of carbonyl (C=O) groups excluding carboxylic acids is 1. The molecule has 17 heavy (non-hydrogen) atoms. The Balaban J connectivity index is 2.09. The molecule has 1 saturated carbocycles. The number of hydrogen-bond acceptors (Lipinski definition) is 2. The van der Waals surface area contributed by atoms with E-state index in [0.717, 1.165) is 32.4 Å². The molecule has 1 atom stereocenters. The molecule has 0 radical (unpaired) electrons. The van der Waals surface area contributed by atoms with Crippen LogP contribution in [0.25, 0.3) is 0 Å². The largest absolute Gasteiger partial charge is 0.338 e. The molecule has 3 heteroatoms. The van der Waals surface area contributed by atoms with Crippen LogP contribution in [0, 0.1) is 5.92 Å². The van der Waals surface area contributed by atoms with Crippen LogP contribution in [-0.4, -0.2) is 35.5 Å². The minimum absolute atomic E-state index is 0.239. The minimum atomic E-state index is -0.239. The minimum Gasteiger partial charge on any atom is -0.338 e. The fraction of sp³-hybridized carbons (Fsp3) is 0.929. The van der Waals surface area contributed by atoms with Gasteiger partial charge in [-0.25, -0.2) is 0 Å². The highest BCUT2D eigenvalue weighted by Crippen LogP contribution is 2.33. The van der Waals surface area contributed by atoms with Gasteiger partial charge in [0.1, 0.15) is 0 Å². The van der Waals surface area contributed by atoms with Gasteiger partial charge in [-0.3, -0.25) is 4.79 Å². The van der Waals surface area contributed by atoms with E-state index in [4.69, 9.17) is 0 Å². The molecule has 0 aromatic heterocycles. The summed E-state index contributed by atoms with van der Waals surface area (Å²) in [6.45, 7) is 8.45. The number of nitrogens with zero attached hydrogens (tertiary/aromatic N) is 1. The van der Waals surface area contributed by atoms with E-state index < -0.39 is 0 Å². The zero-order valence-corrected chi connectivity index (χ0v) is 11.5. The van der Waals surface area contributed by atoms with Gasteiger partial charge in [0.25, 0.3) is 0 Å². The molecular formula is C14H26N2O. The van der Waals surface area contributed by atoms with E-state index in [9.17, 15) is 4.79 Å². The molecule has 1 saturated heterocycles. The first-order chi connectivity index (χ1) is 8.09. The van der Waals surface area contributed by atoms with Crippen molar-refractivity contribution in [3.05, 3.63) is 0 Å². The van der Waals surface area contributed by atoms with Crippen LogP contribution in [0.5, 0.6) is 0 Å². The third-order valence-corrected chi connectivity index (χ3v) is 4.07. The van der Waals surface area contributed by atoms with Crippen molar-refractivity contribution in [3.8, 4) is 0 Å². The molecule has 2 rings (SSSR count). The first kappa shape index (κ1) is 12.9. The highest BCUT2D eigenvalue weighted by molar-refractivity contribution is 5.87.